The van der Waals surface area contributed by atoms with Crippen molar-refractivity contribution in [3.63, 3.8) is 0 Å². The molecule has 5 heteroatoms. The van der Waals surface area contributed by atoms with Crippen molar-refractivity contribution in [2.45, 2.75) is 13.3 Å². The fourth-order valence-electron chi connectivity index (χ4n) is 1.28. The van der Waals surface area contributed by atoms with E-state index in [4.69, 9.17) is 17.0 Å². The predicted octanol–water partition coefficient (Wildman–Crippen LogP) is 2.54. The molecule has 0 aromatic heterocycles. The van der Waals surface area contributed by atoms with Crippen LogP contribution in [0, 0.1) is 5.82 Å². The summed E-state index contributed by atoms with van der Waals surface area (Å²) in [6, 6.07) is 6.03. The van der Waals surface area contributed by atoms with Crippen molar-refractivity contribution >= 4 is 28.9 Å². The highest BCUT2D eigenvalue weighted by molar-refractivity contribution is 7.80. The van der Waals surface area contributed by atoms with Crippen LogP contribution in [0.15, 0.2) is 24.3 Å². The summed E-state index contributed by atoms with van der Waals surface area (Å²) in [7, 11) is 1.69. The van der Waals surface area contributed by atoms with Crippen LogP contribution in [0.2, 0.25) is 0 Å². The molecule has 0 spiro atoms. The van der Waals surface area contributed by atoms with Crippen molar-refractivity contribution in [3.05, 3.63) is 30.1 Å². The number of ether oxygens (including phenoxy) is 1. The van der Waals surface area contributed by atoms with Crippen molar-refractivity contribution in [1.29, 1.82) is 0 Å². The van der Waals surface area contributed by atoms with Crippen LogP contribution in [0.5, 0.6) is 0 Å². The first-order valence-corrected chi connectivity index (χ1v) is 5.63. The zero-order valence-corrected chi connectivity index (χ0v) is 10.6. The van der Waals surface area contributed by atoms with Gasteiger partial charge in [0.25, 0.3) is 0 Å². The summed E-state index contributed by atoms with van der Waals surface area (Å²) in [5.41, 5.74) is 0.610. The maximum absolute atomic E-state index is 13.0. The minimum absolute atomic E-state index is 0.0240. The molecule has 0 saturated heterocycles. The largest absolute Gasteiger partial charge is 0.466 e. The monoisotopic (exact) mass is 255 g/mol. The third-order valence-corrected chi connectivity index (χ3v) is 2.59. The standard InChI is InChI=1S/C12H14FNO2S/c1-3-16-12(15)8-11(17)14(2)10-6-4-5-9(13)7-10/h4-7H,3,8H2,1-2H3. The van der Waals surface area contributed by atoms with Crippen LogP contribution in [0.4, 0.5) is 10.1 Å². The van der Waals surface area contributed by atoms with Gasteiger partial charge in [-0.15, -0.1) is 0 Å². The minimum Gasteiger partial charge on any atom is -0.466 e. The topological polar surface area (TPSA) is 29.5 Å². The quantitative estimate of drug-likeness (QED) is 0.611. The van der Waals surface area contributed by atoms with Crippen LogP contribution < -0.4 is 4.90 Å². The summed E-state index contributed by atoms with van der Waals surface area (Å²) in [5.74, 6) is -0.714. The lowest BCUT2D eigenvalue weighted by molar-refractivity contribution is -0.141. The maximum Gasteiger partial charge on any atom is 0.312 e. The number of esters is 1. The second kappa shape index (κ2) is 6.30. The molecule has 0 amide bonds. The van der Waals surface area contributed by atoms with Crippen LogP contribution >= 0.6 is 12.2 Å². The van der Waals surface area contributed by atoms with Crippen LogP contribution in [0.25, 0.3) is 0 Å². The van der Waals surface area contributed by atoms with Crippen molar-refractivity contribution in [1.82, 2.24) is 0 Å². The Balaban J connectivity index is 2.67. The summed E-state index contributed by atoms with van der Waals surface area (Å²) in [4.78, 5) is 13.2. The molecule has 0 radical (unpaired) electrons. The molecule has 0 unspecified atom stereocenters. The minimum atomic E-state index is -0.374. The van der Waals surface area contributed by atoms with Crippen molar-refractivity contribution < 1.29 is 13.9 Å². The molecular weight excluding hydrogens is 241 g/mol. The fraction of sp³-hybridized carbons (Fsp3) is 0.333. The van der Waals surface area contributed by atoms with E-state index in [1.54, 1.807) is 31.0 Å². The van der Waals surface area contributed by atoms with Crippen molar-refractivity contribution in [2.75, 3.05) is 18.6 Å². The van der Waals surface area contributed by atoms with Crippen LogP contribution in [0.1, 0.15) is 13.3 Å². The number of anilines is 1. The Bertz CT molecular complexity index is 423. The van der Waals surface area contributed by atoms with Gasteiger partial charge in [0, 0.05) is 12.7 Å². The summed E-state index contributed by atoms with van der Waals surface area (Å²) in [5, 5.41) is 0. The summed E-state index contributed by atoms with van der Waals surface area (Å²) >= 11 is 5.10. The Labute approximate surface area is 105 Å². The van der Waals surface area contributed by atoms with Gasteiger partial charge >= 0.3 is 5.97 Å². The molecule has 92 valence electrons. The average Bonchev–Trinajstić information content (AvgIpc) is 2.28. The summed E-state index contributed by atoms with van der Waals surface area (Å²) in [6.45, 7) is 2.06. The van der Waals surface area contributed by atoms with E-state index in [2.05, 4.69) is 0 Å². The zero-order chi connectivity index (χ0) is 12.8. The third kappa shape index (κ3) is 4.11. The van der Waals surface area contributed by atoms with Gasteiger partial charge in [-0.25, -0.2) is 4.39 Å². The van der Waals surface area contributed by atoms with Gasteiger partial charge in [0.1, 0.15) is 5.82 Å². The number of benzene rings is 1. The number of halogens is 1. The van der Waals surface area contributed by atoms with Gasteiger partial charge in [-0.2, -0.15) is 0 Å². The number of hydrogen-bond acceptors (Lipinski definition) is 3. The van der Waals surface area contributed by atoms with Crippen LogP contribution in [0.3, 0.4) is 0 Å². The van der Waals surface area contributed by atoms with E-state index in [1.165, 1.54) is 12.1 Å². The number of carbonyl (C=O) groups excluding carboxylic acids is 1. The second-order valence-corrected chi connectivity index (χ2v) is 3.89. The lowest BCUT2D eigenvalue weighted by Crippen LogP contribution is -2.27. The van der Waals surface area contributed by atoms with Gasteiger partial charge < -0.3 is 9.64 Å². The van der Waals surface area contributed by atoms with E-state index in [0.29, 0.717) is 17.3 Å². The molecule has 17 heavy (non-hydrogen) atoms. The highest BCUT2D eigenvalue weighted by Gasteiger charge is 2.12. The van der Waals surface area contributed by atoms with E-state index in [9.17, 15) is 9.18 Å². The molecule has 3 nitrogen and oxygen atoms in total. The van der Waals surface area contributed by atoms with Gasteiger partial charge in [-0.1, -0.05) is 18.3 Å². The Morgan fingerprint density at radius 1 is 1.53 bits per heavy atom. The highest BCUT2D eigenvalue weighted by atomic mass is 32.1. The molecule has 0 aliphatic carbocycles. The van der Waals surface area contributed by atoms with E-state index >= 15 is 0 Å². The molecule has 0 aliphatic heterocycles. The van der Waals surface area contributed by atoms with Crippen LogP contribution in [-0.2, 0) is 9.53 Å². The molecule has 0 bridgehead atoms. The van der Waals surface area contributed by atoms with E-state index in [-0.39, 0.29) is 18.2 Å². The number of rotatable bonds is 4. The van der Waals surface area contributed by atoms with E-state index < -0.39 is 0 Å². The van der Waals surface area contributed by atoms with E-state index in [0.717, 1.165) is 0 Å². The average molecular weight is 255 g/mol. The molecule has 0 aliphatic rings. The Hall–Kier alpha value is -1.49. The maximum atomic E-state index is 13.0. The van der Waals surface area contributed by atoms with Crippen LogP contribution in [-0.4, -0.2) is 24.6 Å². The lowest BCUT2D eigenvalue weighted by Gasteiger charge is -2.19. The highest BCUT2D eigenvalue weighted by Crippen LogP contribution is 2.15. The molecular formula is C12H14FNO2S. The van der Waals surface area contributed by atoms with Crippen molar-refractivity contribution in [2.24, 2.45) is 0 Å². The number of thiocarbonyl (C=S) groups is 1. The first-order valence-electron chi connectivity index (χ1n) is 5.22. The smallest absolute Gasteiger partial charge is 0.312 e. The Morgan fingerprint density at radius 3 is 2.82 bits per heavy atom. The zero-order valence-electron chi connectivity index (χ0n) is 9.77. The number of nitrogens with zero attached hydrogens (tertiary/aromatic N) is 1. The molecule has 0 atom stereocenters. The van der Waals surface area contributed by atoms with Gasteiger partial charge in [0.2, 0.25) is 0 Å². The van der Waals surface area contributed by atoms with E-state index in [1.807, 2.05) is 0 Å². The molecule has 0 heterocycles. The van der Waals surface area contributed by atoms with Gasteiger partial charge in [0.05, 0.1) is 18.0 Å². The molecule has 0 N–H and O–H groups in total. The Morgan fingerprint density at radius 2 is 2.24 bits per heavy atom. The summed E-state index contributed by atoms with van der Waals surface area (Å²) in [6.07, 6.45) is 0.0240. The first-order chi connectivity index (χ1) is 8.04. The first kappa shape index (κ1) is 13.6. The molecule has 1 rings (SSSR count). The Kier molecular flexibility index (Phi) is 5.03. The van der Waals surface area contributed by atoms with Gasteiger partial charge in [-0.3, -0.25) is 4.79 Å². The predicted molar refractivity (Wildman–Crippen MR) is 68.7 cm³/mol. The molecule has 1 aromatic rings. The SMILES string of the molecule is CCOC(=O)CC(=S)N(C)c1cccc(F)c1. The van der Waals surface area contributed by atoms with Gasteiger partial charge in [-0.05, 0) is 25.1 Å². The third-order valence-electron chi connectivity index (χ3n) is 2.17. The molecule has 1 aromatic carbocycles. The molecule has 0 fully saturated rings. The molecule has 0 saturated carbocycles. The van der Waals surface area contributed by atoms with Crippen molar-refractivity contribution in [3.8, 4) is 0 Å². The normalized spacial score (nSPS) is 9.82. The summed E-state index contributed by atoms with van der Waals surface area (Å²) < 4.78 is 17.8. The fourth-order valence-corrected chi connectivity index (χ4v) is 1.51. The number of carbonyl (C=O) groups is 1. The lowest BCUT2D eigenvalue weighted by atomic mass is 10.2. The second-order valence-electron chi connectivity index (χ2n) is 3.41. The van der Waals surface area contributed by atoms with Gasteiger partial charge in [0.15, 0.2) is 0 Å². The number of hydrogen-bond donors (Lipinski definition) is 0.